The van der Waals surface area contributed by atoms with Crippen LogP contribution in [0, 0.1) is 5.82 Å². The number of benzene rings is 2. The number of alkyl halides is 1. The number of hydrogen-bond acceptors (Lipinski definition) is 1. The van der Waals surface area contributed by atoms with Gasteiger partial charge in [0.2, 0.25) is 0 Å². The van der Waals surface area contributed by atoms with Gasteiger partial charge in [-0.3, -0.25) is 0 Å². The largest absolute Gasteiger partial charge is 0.381 e. The highest BCUT2D eigenvalue weighted by Crippen LogP contribution is 2.27. The molecule has 0 amide bonds. The third-order valence-corrected chi connectivity index (χ3v) is 3.05. The summed E-state index contributed by atoms with van der Waals surface area (Å²) in [5.74, 6) is -0.193. The van der Waals surface area contributed by atoms with Crippen LogP contribution < -0.4 is 5.32 Å². The van der Waals surface area contributed by atoms with Crippen molar-refractivity contribution in [2.45, 2.75) is 18.8 Å². The summed E-state index contributed by atoms with van der Waals surface area (Å²) >= 11 is 6.11. The highest BCUT2D eigenvalue weighted by atomic mass is 35.5. The Balaban J connectivity index is 2.14. The molecule has 0 radical (unpaired) electrons. The van der Waals surface area contributed by atoms with Crippen LogP contribution in [-0.2, 0) is 6.54 Å². The highest BCUT2D eigenvalue weighted by Gasteiger charge is 2.07. The van der Waals surface area contributed by atoms with E-state index in [0.29, 0.717) is 12.1 Å². The number of para-hydroxylation sites is 1. The maximum atomic E-state index is 13.5. The number of nitrogens with one attached hydrogen (secondary N) is 1. The van der Waals surface area contributed by atoms with E-state index in [4.69, 9.17) is 11.6 Å². The van der Waals surface area contributed by atoms with Crippen LogP contribution in [0.3, 0.4) is 0 Å². The van der Waals surface area contributed by atoms with Gasteiger partial charge in [-0.25, -0.2) is 4.39 Å². The molecule has 1 nitrogen and oxygen atoms in total. The molecular formula is C15H15ClFN. The zero-order chi connectivity index (χ0) is 13.0. The van der Waals surface area contributed by atoms with E-state index in [0.717, 1.165) is 11.3 Å². The summed E-state index contributed by atoms with van der Waals surface area (Å²) in [5.41, 5.74) is 2.62. The summed E-state index contributed by atoms with van der Waals surface area (Å²) in [4.78, 5) is 0. The fourth-order valence-corrected chi connectivity index (χ4v) is 2.03. The van der Waals surface area contributed by atoms with Gasteiger partial charge in [-0.15, -0.1) is 11.6 Å². The van der Waals surface area contributed by atoms with Crippen molar-refractivity contribution in [3.8, 4) is 0 Å². The number of rotatable bonds is 4. The Labute approximate surface area is 112 Å². The van der Waals surface area contributed by atoms with Crippen LogP contribution >= 0.6 is 11.6 Å². The standard InChI is InChI=1S/C15H15ClFN/c1-11(16)13-7-3-5-9-15(13)18-10-12-6-2-4-8-14(12)17/h2-9,11,18H,10H2,1H3. The van der Waals surface area contributed by atoms with Crippen molar-refractivity contribution in [2.24, 2.45) is 0 Å². The minimum Gasteiger partial charge on any atom is -0.381 e. The SMILES string of the molecule is CC(Cl)c1ccccc1NCc1ccccc1F. The lowest BCUT2D eigenvalue weighted by Crippen LogP contribution is -2.04. The van der Waals surface area contributed by atoms with Gasteiger partial charge in [0.05, 0.1) is 5.38 Å². The van der Waals surface area contributed by atoms with E-state index in [9.17, 15) is 4.39 Å². The molecule has 0 spiro atoms. The fraction of sp³-hybridized carbons (Fsp3) is 0.200. The summed E-state index contributed by atoms with van der Waals surface area (Å²) in [6.45, 7) is 2.37. The second-order valence-corrected chi connectivity index (χ2v) is 4.80. The van der Waals surface area contributed by atoms with E-state index in [2.05, 4.69) is 5.32 Å². The summed E-state index contributed by atoms with van der Waals surface area (Å²) in [6.07, 6.45) is 0. The first-order valence-corrected chi connectivity index (χ1v) is 6.32. The van der Waals surface area contributed by atoms with Crippen LogP contribution in [0.25, 0.3) is 0 Å². The summed E-state index contributed by atoms with van der Waals surface area (Å²) in [5, 5.41) is 3.15. The molecule has 2 aromatic carbocycles. The molecule has 0 aromatic heterocycles. The quantitative estimate of drug-likeness (QED) is 0.786. The molecule has 94 valence electrons. The zero-order valence-electron chi connectivity index (χ0n) is 10.2. The van der Waals surface area contributed by atoms with Gasteiger partial charge in [0, 0.05) is 17.8 Å². The Kier molecular flexibility index (Phi) is 4.21. The van der Waals surface area contributed by atoms with Gasteiger partial charge in [-0.2, -0.15) is 0 Å². The number of halogens is 2. The van der Waals surface area contributed by atoms with Crippen LogP contribution in [0.2, 0.25) is 0 Å². The Morgan fingerprint density at radius 2 is 1.78 bits per heavy atom. The van der Waals surface area contributed by atoms with E-state index in [1.54, 1.807) is 12.1 Å². The predicted molar refractivity (Wildman–Crippen MR) is 74.4 cm³/mol. The minimum absolute atomic E-state index is 0.0747. The molecule has 2 aromatic rings. The molecule has 1 N–H and O–H groups in total. The molecule has 0 aliphatic rings. The van der Waals surface area contributed by atoms with Crippen LogP contribution in [0.1, 0.15) is 23.4 Å². The number of hydrogen-bond donors (Lipinski definition) is 1. The van der Waals surface area contributed by atoms with E-state index < -0.39 is 0 Å². The molecule has 1 unspecified atom stereocenters. The lowest BCUT2D eigenvalue weighted by Gasteiger charge is -2.13. The van der Waals surface area contributed by atoms with Gasteiger partial charge in [-0.05, 0) is 24.6 Å². The Morgan fingerprint density at radius 1 is 1.11 bits per heavy atom. The minimum atomic E-state index is -0.193. The molecule has 2 rings (SSSR count). The predicted octanol–water partition coefficient (Wildman–Crippen LogP) is 4.74. The monoisotopic (exact) mass is 263 g/mol. The van der Waals surface area contributed by atoms with Gasteiger partial charge in [0.25, 0.3) is 0 Å². The molecule has 0 aliphatic heterocycles. The van der Waals surface area contributed by atoms with Gasteiger partial charge in [0.15, 0.2) is 0 Å². The van der Waals surface area contributed by atoms with Crippen molar-refractivity contribution >= 4 is 17.3 Å². The summed E-state index contributed by atoms with van der Waals surface area (Å²) in [6, 6.07) is 14.6. The lowest BCUT2D eigenvalue weighted by atomic mass is 10.1. The Hall–Kier alpha value is -1.54. The summed E-state index contributed by atoms with van der Waals surface area (Å²) < 4.78 is 13.5. The average molecular weight is 264 g/mol. The van der Waals surface area contributed by atoms with Gasteiger partial charge >= 0.3 is 0 Å². The van der Waals surface area contributed by atoms with E-state index >= 15 is 0 Å². The third-order valence-electron chi connectivity index (χ3n) is 2.82. The van der Waals surface area contributed by atoms with Crippen LogP contribution in [0.15, 0.2) is 48.5 Å². The van der Waals surface area contributed by atoms with Gasteiger partial charge in [0.1, 0.15) is 5.82 Å². The van der Waals surface area contributed by atoms with Crippen LogP contribution in [0.5, 0.6) is 0 Å². The molecule has 0 bridgehead atoms. The first kappa shape index (κ1) is 12.9. The smallest absolute Gasteiger partial charge is 0.128 e. The van der Waals surface area contributed by atoms with Crippen molar-refractivity contribution in [3.63, 3.8) is 0 Å². The second-order valence-electron chi connectivity index (χ2n) is 4.15. The van der Waals surface area contributed by atoms with Crippen molar-refractivity contribution < 1.29 is 4.39 Å². The van der Waals surface area contributed by atoms with Crippen molar-refractivity contribution in [1.29, 1.82) is 0 Å². The average Bonchev–Trinajstić information content (AvgIpc) is 2.38. The van der Waals surface area contributed by atoms with E-state index in [-0.39, 0.29) is 11.2 Å². The molecule has 0 saturated carbocycles. The zero-order valence-corrected chi connectivity index (χ0v) is 10.9. The summed E-state index contributed by atoms with van der Waals surface area (Å²) in [7, 11) is 0. The van der Waals surface area contributed by atoms with Crippen molar-refractivity contribution in [3.05, 3.63) is 65.5 Å². The van der Waals surface area contributed by atoms with Crippen LogP contribution in [-0.4, -0.2) is 0 Å². The van der Waals surface area contributed by atoms with Gasteiger partial charge < -0.3 is 5.32 Å². The van der Waals surface area contributed by atoms with Crippen LogP contribution in [0.4, 0.5) is 10.1 Å². The normalized spacial score (nSPS) is 12.2. The maximum Gasteiger partial charge on any atom is 0.128 e. The van der Waals surface area contributed by atoms with Gasteiger partial charge in [-0.1, -0.05) is 36.4 Å². The molecule has 0 saturated heterocycles. The molecule has 0 aliphatic carbocycles. The second kappa shape index (κ2) is 5.87. The van der Waals surface area contributed by atoms with Crippen molar-refractivity contribution in [1.82, 2.24) is 0 Å². The third kappa shape index (κ3) is 3.02. The molecule has 0 fully saturated rings. The molecule has 0 heterocycles. The molecule has 18 heavy (non-hydrogen) atoms. The van der Waals surface area contributed by atoms with Crippen molar-refractivity contribution in [2.75, 3.05) is 5.32 Å². The first-order chi connectivity index (χ1) is 8.68. The highest BCUT2D eigenvalue weighted by molar-refractivity contribution is 6.21. The maximum absolute atomic E-state index is 13.5. The number of anilines is 1. The lowest BCUT2D eigenvalue weighted by molar-refractivity contribution is 0.613. The fourth-order valence-electron chi connectivity index (χ4n) is 1.84. The van der Waals surface area contributed by atoms with E-state index in [1.807, 2.05) is 37.3 Å². The first-order valence-electron chi connectivity index (χ1n) is 5.89. The molecular weight excluding hydrogens is 249 g/mol. The topological polar surface area (TPSA) is 12.0 Å². The molecule has 3 heteroatoms. The Bertz CT molecular complexity index is 525. The molecule has 1 atom stereocenters. The Morgan fingerprint density at radius 3 is 2.50 bits per heavy atom. The van der Waals surface area contributed by atoms with E-state index in [1.165, 1.54) is 6.07 Å².